The van der Waals surface area contributed by atoms with Gasteiger partial charge < -0.3 is 15.0 Å². The van der Waals surface area contributed by atoms with Crippen molar-refractivity contribution in [3.63, 3.8) is 0 Å². The van der Waals surface area contributed by atoms with Gasteiger partial charge in [0, 0.05) is 18.8 Å². The molecule has 28 heavy (non-hydrogen) atoms. The number of nitrogens with one attached hydrogen (secondary N) is 1. The van der Waals surface area contributed by atoms with Gasteiger partial charge in [-0.05, 0) is 67.5 Å². The first-order chi connectivity index (χ1) is 13.5. The highest BCUT2D eigenvalue weighted by Crippen LogP contribution is 2.24. The maximum absolute atomic E-state index is 12.2. The number of rotatable bonds is 7. The van der Waals surface area contributed by atoms with Crippen molar-refractivity contribution in [2.75, 3.05) is 24.6 Å². The van der Waals surface area contributed by atoms with E-state index in [-0.39, 0.29) is 18.6 Å². The first-order valence-electron chi connectivity index (χ1n) is 10.4. The Hall–Kier alpha value is -2.49. The van der Waals surface area contributed by atoms with Crippen molar-refractivity contribution in [1.29, 1.82) is 0 Å². The van der Waals surface area contributed by atoms with Gasteiger partial charge >= 0.3 is 0 Å². The Bertz CT molecular complexity index is 755. The van der Waals surface area contributed by atoms with E-state index in [0.717, 1.165) is 36.7 Å². The van der Waals surface area contributed by atoms with E-state index in [1.807, 2.05) is 31.2 Å². The Morgan fingerprint density at radius 1 is 1.18 bits per heavy atom. The first-order valence-corrected chi connectivity index (χ1v) is 10.4. The van der Waals surface area contributed by atoms with Gasteiger partial charge in [0.25, 0.3) is 5.91 Å². The number of hydrogen-bond acceptors (Lipinski definition) is 3. The molecule has 0 bridgehead atoms. The lowest BCUT2D eigenvalue weighted by atomic mass is 9.99. The summed E-state index contributed by atoms with van der Waals surface area (Å²) >= 11 is 0. The van der Waals surface area contributed by atoms with Crippen LogP contribution in [0.2, 0.25) is 0 Å². The quantitative estimate of drug-likeness (QED) is 0.754. The predicted molar refractivity (Wildman–Crippen MR) is 115 cm³/mol. The number of amides is 1. The van der Waals surface area contributed by atoms with Crippen LogP contribution in [0.3, 0.4) is 0 Å². The van der Waals surface area contributed by atoms with E-state index in [0.29, 0.717) is 0 Å². The number of aryl methyl sites for hydroxylation is 1. The van der Waals surface area contributed by atoms with Crippen molar-refractivity contribution in [2.24, 2.45) is 5.92 Å². The number of carbonyl (C=O) groups is 1. The predicted octanol–water partition coefficient (Wildman–Crippen LogP) is 4.74. The normalized spacial score (nSPS) is 17.8. The number of ether oxygens (including phenoxy) is 1. The zero-order valence-electron chi connectivity index (χ0n) is 17.3. The van der Waals surface area contributed by atoms with Crippen LogP contribution in [0.4, 0.5) is 5.69 Å². The second-order valence-corrected chi connectivity index (χ2v) is 7.86. The monoisotopic (exact) mass is 380 g/mol. The molecule has 2 aromatic rings. The average Bonchev–Trinajstić information content (AvgIpc) is 2.72. The van der Waals surface area contributed by atoms with Crippen LogP contribution in [-0.2, 0) is 11.2 Å². The van der Waals surface area contributed by atoms with E-state index in [4.69, 9.17) is 4.74 Å². The molecule has 0 saturated carbocycles. The smallest absolute Gasteiger partial charge is 0.258 e. The molecule has 1 amide bonds. The maximum Gasteiger partial charge on any atom is 0.258 e. The lowest BCUT2D eigenvalue weighted by Gasteiger charge is -2.33. The summed E-state index contributed by atoms with van der Waals surface area (Å²) in [7, 11) is 0. The molecule has 1 aliphatic rings. The topological polar surface area (TPSA) is 41.6 Å². The zero-order valence-corrected chi connectivity index (χ0v) is 17.3. The van der Waals surface area contributed by atoms with Crippen molar-refractivity contribution in [3.05, 3.63) is 59.7 Å². The summed E-state index contributed by atoms with van der Waals surface area (Å²) in [6.45, 7) is 8.73. The van der Waals surface area contributed by atoms with E-state index in [9.17, 15) is 4.79 Å². The van der Waals surface area contributed by atoms with E-state index in [1.54, 1.807) is 0 Å². The summed E-state index contributed by atoms with van der Waals surface area (Å²) in [5.41, 5.74) is 3.63. The molecule has 1 heterocycles. The molecule has 2 atom stereocenters. The number of nitrogens with zero attached hydrogens (tertiary/aromatic N) is 1. The molecule has 3 rings (SSSR count). The second kappa shape index (κ2) is 9.63. The van der Waals surface area contributed by atoms with Gasteiger partial charge in [-0.1, -0.05) is 38.1 Å². The Kier molecular flexibility index (Phi) is 6.96. The molecule has 0 aromatic heterocycles. The molecule has 0 spiro atoms. The van der Waals surface area contributed by atoms with Gasteiger partial charge in [-0.25, -0.2) is 0 Å². The van der Waals surface area contributed by atoms with Crippen LogP contribution in [0.1, 0.15) is 50.8 Å². The van der Waals surface area contributed by atoms with E-state index in [1.165, 1.54) is 24.1 Å². The highest BCUT2D eigenvalue weighted by molar-refractivity contribution is 5.78. The van der Waals surface area contributed by atoms with Gasteiger partial charge in [0.05, 0.1) is 6.04 Å². The maximum atomic E-state index is 12.2. The van der Waals surface area contributed by atoms with Crippen molar-refractivity contribution < 1.29 is 9.53 Å². The summed E-state index contributed by atoms with van der Waals surface area (Å²) in [6.07, 6.45) is 3.58. The molecule has 150 valence electrons. The van der Waals surface area contributed by atoms with Gasteiger partial charge in [-0.3, -0.25) is 4.79 Å². The molecule has 1 aliphatic heterocycles. The van der Waals surface area contributed by atoms with Crippen LogP contribution in [0.5, 0.6) is 5.75 Å². The minimum absolute atomic E-state index is 0.0273. The molecule has 4 heteroatoms. The number of carbonyl (C=O) groups excluding carboxylic acids is 1. The third-order valence-corrected chi connectivity index (χ3v) is 5.49. The zero-order chi connectivity index (χ0) is 19.9. The summed E-state index contributed by atoms with van der Waals surface area (Å²) < 4.78 is 5.59. The number of hydrogen-bond donors (Lipinski definition) is 1. The summed E-state index contributed by atoms with van der Waals surface area (Å²) in [5, 5.41) is 3.02. The summed E-state index contributed by atoms with van der Waals surface area (Å²) in [5.74, 6) is 1.37. The largest absolute Gasteiger partial charge is 0.484 e. The van der Waals surface area contributed by atoms with Crippen LogP contribution in [0, 0.1) is 5.92 Å². The second-order valence-electron chi connectivity index (χ2n) is 7.86. The van der Waals surface area contributed by atoms with Crippen molar-refractivity contribution in [1.82, 2.24) is 5.32 Å². The average molecular weight is 381 g/mol. The van der Waals surface area contributed by atoms with Crippen molar-refractivity contribution in [2.45, 2.75) is 46.1 Å². The third kappa shape index (κ3) is 5.51. The molecular weight excluding hydrogens is 348 g/mol. The van der Waals surface area contributed by atoms with Gasteiger partial charge in [-0.2, -0.15) is 0 Å². The van der Waals surface area contributed by atoms with Crippen LogP contribution < -0.4 is 15.0 Å². The molecule has 4 nitrogen and oxygen atoms in total. The molecule has 0 aliphatic carbocycles. The molecule has 0 radical (unpaired) electrons. The Balaban J connectivity index is 1.49. The molecular formula is C24H32N2O2. The Morgan fingerprint density at radius 2 is 1.89 bits per heavy atom. The van der Waals surface area contributed by atoms with Gasteiger partial charge in [0.1, 0.15) is 5.75 Å². The van der Waals surface area contributed by atoms with Crippen molar-refractivity contribution in [3.8, 4) is 5.75 Å². The highest BCUT2D eigenvalue weighted by atomic mass is 16.5. The standard InChI is InChI=1S/C24H32N2O2/c1-4-20-7-13-23(14-8-20)28-17-24(27)25-19(3)21-9-11-22(12-10-21)26-15-5-6-18(2)16-26/h7-14,18-19H,4-6,15-17H2,1-3H3,(H,25,27). The van der Waals surface area contributed by atoms with Gasteiger partial charge in [0.2, 0.25) is 0 Å². The highest BCUT2D eigenvalue weighted by Gasteiger charge is 2.17. The fourth-order valence-electron chi connectivity index (χ4n) is 3.73. The van der Waals surface area contributed by atoms with Gasteiger partial charge in [-0.15, -0.1) is 0 Å². The minimum Gasteiger partial charge on any atom is -0.484 e. The molecule has 1 N–H and O–H groups in total. The summed E-state index contributed by atoms with van der Waals surface area (Å²) in [6, 6.07) is 16.4. The van der Waals surface area contributed by atoms with Gasteiger partial charge in [0.15, 0.2) is 6.61 Å². The van der Waals surface area contributed by atoms with Crippen LogP contribution >= 0.6 is 0 Å². The SMILES string of the molecule is CCc1ccc(OCC(=O)NC(C)c2ccc(N3CCCC(C)C3)cc2)cc1. The number of anilines is 1. The molecule has 2 unspecified atom stereocenters. The van der Waals surface area contributed by atoms with Crippen LogP contribution in [0.25, 0.3) is 0 Å². The third-order valence-electron chi connectivity index (χ3n) is 5.49. The fourth-order valence-corrected chi connectivity index (χ4v) is 3.73. The van der Waals surface area contributed by atoms with E-state index in [2.05, 4.69) is 48.3 Å². The summed E-state index contributed by atoms with van der Waals surface area (Å²) in [4.78, 5) is 14.7. The lowest BCUT2D eigenvalue weighted by Crippen LogP contribution is -2.34. The number of benzene rings is 2. The van der Waals surface area contributed by atoms with Crippen LogP contribution in [-0.4, -0.2) is 25.6 Å². The Labute approximate surface area is 168 Å². The number of piperidine rings is 1. The first kappa shape index (κ1) is 20.2. The molecule has 2 aromatic carbocycles. The fraction of sp³-hybridized carbons (Fsp3) is 0.458. The minimum atomic E-state index is -0.110. The Morgan fingerprint density at radius 3 is 2.54 bits per heavy atom. The molecule has 1 saturated heterocycles. The van der Waals surface area contributed by atoms with E-state index < -0.39 is 0 Å². The molecule has 1 fully saturated rings. The lowest BCUT2D eigenvalue weighted by molar-refractivity contribution is -0.123. The van der Waals surface area contributed by atoms with Crippen LogP contribution in [0.15, 0.2) is 48.5 Å². The van der Waals surface area contributed by atoms with Crippen molar-refractivity contribution >= 4 is 11.6 Å². The van der Waals surface area contributed by atoms with E-state index >= 15 is 0 Å².